The van der Waals surface area contributed by atoms with Crippen molar-refractivity contribution >= 4 is 18.3 Å². The summed E-state index contributed by atoms with van der Waals surface area (Å²) in [7, 11) is 0. The van der Waals surface area contributed by atoms with E-state index in [-0.39, 0.29) is 24.1 Å². The quantitative estimate of drug-likeness (QED) is 0.888. The van der Waals surface area contributed by atoms with Crippen molar-refractivity contribution in [2.75, 3.05) is 13.1 Å². The van der Waals surface area contributed by atoms with E-state index in [4.69, 9.17) is 9.15 Å². The Morgan fingerprint density at radius 1 is 1.27 bits per heavy atom. The molecule has 1 fully saturated rings. The minimum Gasteiger partial charge on any atom is -0.426 e. The van der Waals surface area contributed by atoms with Crippen molar-refractivity contribution in [3.8, 4) is 11.7 Å². The molecule has 0 radical (unpaired) electrons. The van der Waals surface area contributed by atoms with E-state index in [2.05, 4.69) is 10.6 Å². The lowest BCUT2D eigenvalue weighted by atomic mass is 10.2. The summed E-state index contributed by atoms with van der Waals surface area (Å²) < 4.78 is 10.9. The van der Waals surface area contributed by atoms with Crippen molar-refractivity contribution in [1.82, 2.24) is 10.6 Å². The molecule has 2 N–H and O–H groups in total. The van der Waals surface area contributed by atoms with Crippen molar-refractivity contribution in [2.24, 2.45) is 0 Å². The summed E-state index contributed by atoms with van der Waals surface area (Å²) in [6.07, 6.45) is 2.26. The Balaban J connectivity index is 0.00000176. The molecule has 2 aromatic rings. The maximum atomic E-state index is 12.0. The van der Waals surface area contributed by atoms with Gasteiger partial charge in [0.25, 0.3) is 11.9 Å². The molecule has 3 rings (SSSR count). The molecule has 1 aliphatic rings. The van der Waals surface area contributed by atoms with E-state index in [0.717, 1.165) is 19.4 Å². The Bertz CT molecular complexity index is 594. The van der Waals surface area contributed by atoms with Crippen molar-refractivity contribution in [1.29, 1.82) is 0 Å². The van der Waals surface area contributed by atoms with E-state index in [1.807, 2.05) is 30.3 Å². The van der Waals surface area contributed by atoms with E-state index in [9.17, 15) is 4.79 Å². The van der Waals surface area contributed by atoms with Gasteiger partial charge in [-0.2, -0.15) is 0 Å². The standard InChI is InChI=1S/C16H18N2O3.ClH/c19-16(18-11-12-5-4-10-17-12)14-8-9-15(21-14)20-13-6-2-1-3-7-13;/h1-3,6-9,12,17H,4-5,10-11H2,(H,18,19);1H. The number of halogens is 1. The second-order valence-electron chi connectivity index (χ2n) is 5.04. The SMILES string of the molecule is Cl.O=C(NCC1CCCN1)c1ccc(Oc2ccccc2)o1. The number of hydrogen-bond donors (Lipinski definition) is 2. The number of furan rings is 1. The number of carbonyl (C=O) groups is 1. The minimum atomic E-state index is -0.216. The predicted octanol–water partition coefficient (Wildman–Crippen LogP) is 2.98. The summed E-state index contributed by atoms with van der Waals surface area (Å²) in [6, 6.07) is 12.9. The summed E-state index contributed by atoms with van der Waals surface area (Å²) in [4.78, 5) is 12.0. The summed E-state index contributed by atoms with van der Waals surface area (Å²) in [5.74, 6) is 1.03. The Hall–Kier alpha value is -1.98. The van der Waals surface area contributed by atoms with Gasteiger partial charge < -0.3 is 19.8 Å². The highest BCUT2D eigenvalue weighted by molar-refractivity contribution is 5.91. The number of benzene rings is 1. The highest BCUT2D eigenvalue weighted by Gasteiger charge is 2.17. The monoisotopic (exact) mass is 322 g/mol. The van der Waals surface area contributed by atoms with Crippen LogP contribution in [0, 0.1) is 0 Å². The smallest absolute Gasteiger partial charge is 0.290 e. The van der Waals surface area contributed by atoms with Gasteiger partial charge in [-0.05, 0) is 37.6 Å². The lowest BCUT2D eigenvalue weighted by Gasteiger charge is -2.10. The van der Waals surface area contributed by atoms with E-state index in [0.29, 0.717) is 24.3 Å². The topological polar surface area (TPSA) is 63.5 Å². The zero-order valence-electron chi connectivity index (χ0n) is 12.1. The molecule has 0 spiro atoms. The summed E-state index contributed by atoms with van der Waals surface area (Å²) >= 11 is 0. The molecule has 0 saturated carbocycles. The Kier molecular flexibility index (Phi) is 5.86. The van der Waals surface area contributed by atoms with Gasteiger partial charge in [0.15, 0.2) is 5.76 Å². The zero-order chi connectivity index (χ0) is 14.5. The van der Waals surface area contributed by atoms with Gasteiger partial charge in [0.05, 0.1) is 0 Å². The van der Waals surface area contributed by atoms with E-state index in [1.165, 1.54) is 0 Å². The van der Waals surface area contributed by atoms with Crippen LogP contribution in [0.3, 0.4) is 0 Å². The number of amides is 1. The van der Waals surface area contributed by atoms with Crippen LogP contribution in [0.5, 0.6) is 11.7 Å². The van der Waals surface area contributed by atoms with Gasteiger partial charge in [0, 0.05) is 18.7 Å². The van der Waals surface area contributed by atoms with Gasteiger partial charge in [-0.3, -0.25) is 4.79 Å². The van der Waals surface area contributed by atoms with Crippen LogP contribution in [0.15, 0.2) is 46.9 Å². The predicted molar refractivity (Wildman–Crippen MR) is 85.8 cm³/mol. The largest absolute Gasteiger partial charge is 0.426 e. The molecule has 1 aromatic carbocycles. The van der Waals surface area contributed by atoms with Crippen LogP contribution in [0.1, 0.15) is 23.4 Å². The zero-order valence-corrected chi connectivity index (χ0v) is 12.9. The molecule has 6 heteroatoms. The number of para-hydroxylation sites is 1. The number of carbonyl (C=O) groups excluding carboxylic acids is 1. The molecule has 1 atom stereocenters. The third-order valence-electron chi connectivity index (χ3n) is 3.44. The molecule has 1 saturated heterocycles. The Morgan fingerprint density at radius 2 is 2.09 bits per heavy atom. The van der Waals surface area contributed by atoms with Crippen LogP contribution in [-0.2, 0) is 0 Å². The molecular formula is C16H19ClN2O3. The number of nitrogens with one attached hydrogen (secondary N) is 2. The number of hydrogen-bond acceptors (Lipinski definition) is 4. The summed E-state index contributed by atoms with van der Waals surface area (Å²) in [5.41, 5.74) is 0. The van der Waals surface area contributed by atoms with Gasteiger partial charge in [-0.25, -0.2) is 0 Å². The van der Waals surface area contributed by atoms with Crippen LogP contribution in [0.2, 0.25) is 0 Å². The fourth-order valence-electron chi connectivity index (χ4n) is 2.34. The first-order valence-electron chi connectivity index (χ1n) is 7.15. The summed E-state index contributed by atoms with van der Waals surface area (Å²) in [5, 5.41) is 6.20. The van der Waals surface area contributed by atoms with Crippen molar-refractivity contribution in [3.63, 3.8) is 0 Å². The van der Waals surface area contributed by atoms with Gasteiger partial charge in [-0.1, -0.05) is 18.2 Å². The number of ether oxygens (including phenoxy) is 1. The summed E-state index contributed by atoms with van der Waals surface area (Å²) in [6.45, 7) is 1.64. The van der Waals surface area contributed by atoms with Crippen molar-refractivity contribution < 1.29 is 13.9 Å². The molecule has 5 nitrogen and oxygen atoms in total. The lowest BCUT2D eigenvalue weighted by Crippen LogP contribution is -2.36. The van der Waals surface area contributed by atoms with Crippen LogP contribution < -0.4 is 15.4 Å². The molecule has 0 bridgehead atoms. The second-order valence-corrected chi connectivity index (χ2v) is 5.04. The first-order valence-corrected chi connectivity index (χ1v) is 7.15. The molecule has 1 aromatic heterocycles. The maximum absolute atomic E-state index is 12.0. The second kappa shape index (κ2) is 7.87. The molecule has 1 aliphatic heterocycles. The van der Waals surface area contributed by atoms with Crippen LogP contribution in [-0.4, -0.2) is 25.0 Å². The van der Waals surface area contributed by atoms with Crippen LogP contribution in [0.4, 0.5) is 0 Å². The molecule has 22 heavy (non-hydrogen) atoms. The van der Waals surface area contributed by atoms with Gasteiger partial charge in [0.2, 0.25) is 0 Å². The van der Waals surface area contributed by atoms with Crippen molar-refractivity contribution in [3.05, 3.63) is 48.2 Å². The molecular weight excluding hydrogens is 304 g/mol. The fraction of sp³-hybridized carbons (Fsp3) is 0.312. The van der Waals surface area contributed by atoms with E-state index in [1.54, 1.807) is 12.1 Å². The van der Waals surface area contributed by atoms with Gasteiger partial charge in [-0.15, -0.1) is 12.4 Å². The van der Waals surface area contributed by atoms with E-state index < -0.39 is 0 Å². The first kappa shape index (κ1) is 16.4. The van der Waals surface area contributed by atoms with Gasteiger partial charge >= 0.3 is 0 Å². The molecule has 0 aliphatic carbocycles. The third-order valence-corrected chi connectivity index (χ3v) is 3.44. The van der Waals surface area contributed by atoms with Gasteiger partial charge in [0.1, 0.15) is 5.75 Å². The lowest BCUT2D eigenvalue weighted by molar-refractivity contribution is 0.0917. The normalized spacial score (nSPS) is 16.8. The van der Waals surface area contributed by atoms with Crippen molar-refractivity contribution in [2.45, 2.75) is 18.9 Å². The average molecular weight is 323 g/mol. The fourth-order valence-corrected chi connectivity index (χ4v) is 2.34. The molecule has 118 valence electrons. The Morgan fingerprint density at radius 3 is 2.82 bits per heavy atom. The minimum absolute atomic E-state index is 0. The highest BCUT2D eigenvalue weighted by atomic mass is 35.5. The third kappa shape index (κ3) is 4.26. The first-order chi connectivity index (χ1) is 10.3. The average Bonchev–Trinajstić information content (AvgIpc) is 3.17. The van der Waals surface area contributed by atoms with Crippen LogP contribution >= 0.6 is 12.4 Å². The molecule has 2 heterocycles. The highest BCUT2D eigenvalue weighted by Crippen LogP contribution is 2.23. The molecule has 1 unspecified atom stereocenters. The number of rotatable bonds is 5. The maximum Gasteiger partial charge on any atom is 0.290 e. The molecule has 1 amide bonds. The van der Waals surface area contributed by atoms with Crippen LogP contribution in [0.25, 0.3) is 0 Å². The van der Waals surface area contributed by atoms with E-state index >= 15 is 0 Å². The Labute approximate surface area is 135 Å².